The molecular formula is C19H20N2O4. The van der Waals surface area contributed by atoms with E-state index in [2.05, 4.69) is 0 Å². The molecule has 3 rings (SSSR count). The summed E-state index contributed by atoms with van der Waals surface area (Å²) in [6.45, 7) is 0.330. The lowest BCUT2D eigenvalue weighted by Gasteiger charge is -2.23. The Bertz CT molecular complexity index is 793. The molecule has 6 heteroatoms. The SMILES string of the molecule is NC1(C(=O)O)CC(C(=O)O)N(Cc2ccccc2-c2ccccc2)C1. The summed E-state index contributed by atoms with van der Waals surface area (Å²) < 4.78 is 0. The summed E-state index contributed by atoms with van der Waals surface area (Å²) in [4.78, 5) is 24.6. The normalized spacial score (nSPS) is 23.5. The van der Waals surface area contributed by atoms with Gasteiger partial charge in [-0.1, -0.05) is 54.6 Å². The predicted molar refractivity (Wildman–Crippen MR) is 92.9 cm³/mol. The molecule has 0 bridgehead atoms. The third-order valence-corrected chi connectivity index (χ3v) is 4.67. The maximum absolute atomic E-state index is 11.6. The number of hydrogen-bond donors (Lipinski definition) is 3. The first-order valence-electron chi connectivity index (χ1n) is 8.03. The maximum Gasteiger partial charge on any atom is 0.325 e. The molecule has 6 nitrogen and oxygen atoms in total. The number of carbonyl (C=O) groups is 2. The lowest BCUT2D eigenvalue weighted by atomic mass is 9.98. The summed E-state index contributed by atoms with van der Waals surface area (Å²) in [5, 5.41) is 18.8. The van der Waals surface area contributed by atoms with Gasteiger partial charge in [0.15, 0.2) is 0 Å². The van der Waals surface area contributed by atoms with Crippen molar-refractivity contribution in [3.05, 3.63) is 60.2 Å². The second-order valence-electron chi connectivity index (χ2n) is 6.45. The minimum atomic E-state index is -1.54. The van der Waals surface area contributed by atoms with Crippen molar-refractivity contribution in [2.45, 2.75) is 24.5 Å². The summed E-state index contributed by atoms with van der Waals surface area (Å²) in [7, 11) is 0. The molecule has 0 spiro atoms. The first kappa shape index (κ1) is 17.1. The molecule has 2 unspecified atom stereocenters. The van der Waals surface area contributed by atoms with Crippen LogP contribution in [0.1, 0.15) is 12.0 Å². The second kappa shape index (κ2) is 6.66. The highest BCUT2D eigenvalue weighted by atomic mass is 16.4. The molecule has 1 aliphatic rings. The van der Waals surface area contributed by atoms with Crippen LogP contribution >= 0.6 is 0 Å². The van der Waals surface area contributed by atoms with Crippen molar-refractivity contribution < 1.29 is 19.8 Å². The van der Waals surface area contributed by atoms with E-state index >= 15 is 0 Å². The fourth-order valence-corrected chi connectivity index (χ4v) is 3.35. The topological polar surface area (TPSA) is 104 Å². The van der Waals surface area contributed by atoms with Crippen molar-refractivity contribution in [3.63, 3.8) is 0 Å². The van der Waals surface area contributed by atoms with Crippen LogP contribution in [0.3, 0.4) is 0 Å². The zero-order chi connectivity index (χ0) is 18.0. The number of nitrogens with two attached hydrogens (primary N) is 1. The summed E-state index contributed by atoms with van der Waals surface area (Å²) in [5.41, 5.74) is 7.35. The Kier molecular flexibility index (Phi) is 4.57. The van der Waals surface area contributed by atoms with Crippen LogP contribution in [0.5, 0.6) is 0 Å². The fraction of sp³-hybridized carbons (Fsp3) is 0.263. The van der Waals surface area contributed by atoms with Gasteiger partial charge in [0, 0.05) is 19.5 Å². The molecule has 0 aromatic heterocycles. The van der Waals surface area contributed by atoms with Gasteiger partial charge in [0.05, 0.1) is 0 Å². The van der Waals surface area contributed by atoms with Crippen LogP contribution in [0, 0.1) is 0 Å². The Morgan fingerprint density at radius 2 is 1.72 bits per heavy atom. The molecule has 25 heavy (non-hydrogen) atoms. The quantitative estimate of drug-likeness (QED) is 0.767. The number of aliphatic carboxylic acids is 2. The van der Waals surface area contributed by atoms with Crippen LogP contribution in [0.4, 0.5) is 0 Å². The zero-order valence-corrected chi connectivity index (χ0v) is 13.6. The molecule has 1 heterocycles. The Labute approximate surface area is 145 Å². The van der Waals surface area contributed by atoms with E-state index in [9.17, 15) is 19.8 Å². The van der Waals surface area contributed by atoms with E-state index in [1.165, 1.54) is 0 Å². The van der Waals surface area contributed by atoms with Gasteiger partial charge >= 0.3 is 11.9 Å². The lowest BCUT2D eigenvalue weighted by Crippen LogP contribution is -2.50. The second-order valence-corrected chi connectivity index (χ2v) is 6.45. The van der Waals surface area contributed by atoms with E-state index in [1.54, 1.807) is 4.90 Å². The van der Waals surface area contributed by atoms with Crippen LogP contribution in [0.15, 0.2) is 54.6 Å². The van der Waals surface area contributed by atoms with Crippen molar-refractivity contribution >= 4 is 11.9 Å². The molecular weight excluding hydrogens is 320 g/mol. The molecule has 0 radical (unpaired) electrons. The molecule has 2 atom stereocenters. The van der Waals surface area contributed by atoms with Crippen LogP contribution in [0.25, 0.3) is 11.1 Å². The van der Waals surface area contributed by atoms with Gasteiger partial charge in [0.2, 0.25) is 0 Å². The average molecular weight is 340 g/mol. The molecule has 2 aromatic rings. The number of hydrogen-bond acceptors (Lipinski definition) is 4. The van der Waals surface area contributed by atoms with Gasteiger partial charge in [-0.25, -0.2) is 0 Å². The largest absolute Gasteiger partial charge is 0.480 e. The van der Waals surface area contributed by atoms with Crippen molar-refractivity contribution in [1.29, 1.82) is 0 Å². The fourth-order valence-electron chi connectivity index (χ4n) is 3.35. The molecule has 0 aliphatic carbocycles. The van der Waals surface area contributed by atoms with Crippen molar-refractivity contribution in [2.75, 3.05) is 6.54 Å². The van der Waals surface area contributed by atoms with E-state index in [-0.39, 0.29) is 13.0 Å². The minimum absolute atomic E-state index is 0.00240. The average Bonchev–Trinajstić information content (AvgIpc) is 2.94. The lowest BCUT2D eigenvalue weighted by molar-refractivity contribution is -0.142. The monoisotopic (exact) mass is 340 g/mol. The molecule has 0 saturated carbocycles. The zero-order valence-electron chi connectivity index (χ0n) is 13.6. The van der Waals surface area contributed by atoms with Crippen molar-refractivity contribution in [1.82, 2.24) is 4.90 Å². The van der Waals surface area contributed by atoms with E-state index < -0.39 is 23.5 Å². The molecule has 1 fully saturated rings. The number of rotatable bonds is 5. The smallest absolute Gasteiger partial charge is 0.325 e. The molecule has 130 valence electrons. The van der Waals surface area contributed by atoms with Gasteiger partial charge in [0.1, 0.15) is 11.6 Å². The summed E-state index contributed by atoms with van der Waals surface area (Å²) in [6.07, 6.45) is -0.106. The summed E-state index contributed by atoms with van der Waals surface area (Å²) in [5.74, 6) is -2.22. The first-order valence-corrected chi connectivity index (χ1v) is 8.03. The standard InChI is InChI=1S/C19H20N2O4/c20-19(18(24)25)10-16(17(22)23)21(12-19)11-14-8-4-5-9-15(14)13-6-2-1-3-7-13/h1-9,16H,10-12,20H2,(H,22,23)(H,24,25). The Morgan fingerprint density at radius 1 is 1.08 bits per heavy atom. The van der Waals surface area contributed by atoms with Gasteiger partial charge < -0.3 is 15.9 Å². The van der Waals surface area contributed by atoms with E-state index in [0.29, 0.717) is 6.54 Å². The molecule has 0 amide bonds. The number of carboxylic acid groups (broad SMARTS) is 2. The van der Waals surface area contributed by atoms with Gasteiger partial charge in [-0.05, 0) is 16.7 Å². The Hall–Kier alpha value is -2.70. The molecule has 4 N–H and O–H groups in total. The van der Waals surface area contributed by atoms with Gasteiger partial charge in [-0.3, -0.25) is 14.5 Å². The van der Waals surface area contributed by atoms with E-state index in [0.717, 1.165) is 16.7 Å². The van der Waals surface area contributed by atoms with Crippen LogP contribution in [-0.2, 0) is 16.1 Å². The third kappa shape index (κ3) is 3.40. The number of likely N-dealkylation sites (tertiary alicyclic amines) is 1. The minimum Gasteiger partial charge on any atom is -0.480 e. The van der Waals surface area contributed by atoms with Crippen LogP contribution in [0.2, 0.25) is 0 Å². The third-order valence-electron chi connectivity index (χ3n) is 4.67. The van der Waals surface area contributed by atoms with Crippen molar-refractivity contribution in [3.8, 4) is 11.1 Å². The summed E-state index contributed by atoms with van der Waals surface area (Å²) in [6, 6.07) is 16.6. The highest BCUT2D eigenvalue weighted by Gasteiger charge is 2.49. The highest BCUT2D eigenvalue weighted by molar-refractivity contribution is 5.83. The summed E-state index contributed by atoms with van der Waals surface area (Å²) >= 11 is 0. The number of benzene rings is 2. The van der Waals surface area contributed by atoms with E-state index in [4.69, 9.17) is 5.73 Å². The van der Waals surface area contributed by atoms with Gasteiger partial charge in [-0.2, -0.15) is 0 Å². The molecule has 1 aliphatic heterocycles. The predicted octanol–water partition coefficient (Wildman–Crippen LogP) is 1.79. The van der Waals surface area contributed by atoms with Crippen LogP contribution in [-0.4, -0.2) is 45.2 Å². The van der Waals surface area contributed by atoms with Gasteiger partial charge in [0.25, 0.3) is 0 Å². The first-order chi connectivity index (χ1) is 11.9. The Morgan fingerprint density at radius 3 is 2.36 bits per heavy atom. The van der Waals surface area contributed by atoms with Crippen molar-refractivity contribution in [2.24, 2.45) is 5.73 Å². The van der Waals surface area contributed by atoms with Gasteiger partial charge in [-0.15, -0.1) is 0 Å². The Balaban J connectivity index is 1.92. The maximum atomic E-state index is 11.6. The molecule has 1 saturated heterocycles. The van der Waals surface area contributed by atoms with E-state index in [1.807, 2.05) is 54.6 Å². The molecule has 2 aromatic carbocycles. The highest BCUT2D eigenvalue weighted by Crippen LogP contribution is 2.30. The number of carboxylic acids is 2. The number of nitrogens with zero attached hydrogens (tertiary/aromatic N) is 1. The van der Waals surface area contributed by atoms with Crippen LogP contribution < -0.4 is 5.73 Å².